The summed E-state index contributed by atoms with van der Waals surface area (Å²) in [5, 5.41) is 8.66. The number of furan rings is 1. The third kappa shape index (κ3) is 2.09. The quantitative estimate of drug-likeness (QED) is 0.763. The molecule has 0 spiro atoms. The Morgan fingerprint density at radius 2 is 2.06 bits per heavy atom. The Balaban J connectivity index is 2.39. The molecule has 5 heteroatoms. The molecule has 0 bridgehead atoms. The topological polar surface area (TPSA) is 63.2 Å². The minimum atomic E-state index is -0.868. The van der Waals surface area contributed by atoms with Crippen LogP contribution in [0.1, 0.15) is 16.1 Å². The van der Waals surface area contributed by atoms with Gasteiger partial charge in [-0.15, -0.1) is 0 Å². The molecule has 90 valence electrons. The summed E-state index contributed by atoms with van der Waals surface area (Å²) in [5.41, 5.74) is 1.06. The van der Waals surface area contributed by atoms with Gasteiger partial charge in [0.05, 0.1) is 18.7 Å². The molecule has 0 N–H and O–H groups in total. The highest BCUT2D eigenvalue weighted by Crippen LogP contribution is 2.25. The number of nitrogens with zero attached hydrogens (tertiary/aromatic N) is 1. The maximum atomic E-state index is 13.4. The third-order valence-electron chi connectivity index (χ3n) is 2.36. The fraction of sp³-hybridized carbons (Fsp3) is 0.0769. The Kier molecular flexibility index (Phi) is 3.11. The molecule has 0 unspecified atom stereocenters. The zero-order valence-electron chi connectivity index (χ0n) is 9.44. The highest BCUT2D eigenvalue weighted by atomic mass is 19.1. The SMILES string of the molecule is COC(=O)c1oc(-c2ccc(C#N)cc2)cc1F. The lowest BCUT2D eigenvalue weighted by molar-refractivity contribution is 0.0559. The number of halogens is 1. The Bertz CT molecular complexity index is 623. The molecule has 0 amide bonds. The van der Waals surface area contributed by atoms with E-state index in [-0.39, 0.29) is 5.76 Å². The first-order valence-electron chi connectivity index (χ1n) is 5.04. The van der Waals surface area contributed by atoms with Gasteiger partial charge in [0.1, 0.15) is 5.76 Å². The average Bonchev–Trinajstić information content (AvgIpc) is 2.80. The number of rotatable bonds is 2. The van der Waals surface area contributed by atoms with Crippen molar-refractivity contribution < 1.29 is 18.3 Å². The number of nitriles is 1. The molecule has 1 aromatic carbocycles. The van der Waals surface area contributed by atoms with E-state index in [1.54, 1.807) is 24.3 Å². The summed E-state index contributed by atoms with van der Waals surface area (Å²) >= 11 is 0. The molecule has 18 heavy (non-hydrogen) atoms. The fourth-order valence-electron chi connectivity index (χ4n) is 1.45. The Hall–Kier alpha value is -2.61. The van der Waals surface area contributed by atoms with Crippen molar-refractivity contribution in [1.29, 1.82) is 5.26 Å². The smallest absolute Gasteiger partial charge is 0.377 e. The van der Waals surface area contributed by atoms with Gasteiger partial charge in [-0.3, -0.25) is 0 Å². The maximum absolute atomic E-state index is 13.4. The molecule has 0 saturated heterocycles. The first-order valence-corrected chi connectivity index (χ1v) is 5.04. The summed E-state index contributed by atoms with van der Waals surface area (Å²) in [6.45, 7) is 0. The number of carbonyl (C=O) groups is 1. The minimum Gasteiger partial charge on any atom is -0.463 e. The molecule has 0 radical (unpaired) electrons. The van der Waals surface area contributed by atoms with Gasteiger partial charge in [0.15, 0.2) is 5.82 Å². The average molecular weight is 245 g/mol. The summed E-state index contributed by atoms with van der Waals surface area (Å²) in [4.78, 5) is 11.2. The lowest BCUT2D eigenvalue weighted by Gasteiger charge is -1.96. The summed E-state index contributed by atoms with van der Waals surface area (Å²) in [7, 11) is 1.14. The zero-order chi connectivity index (χ0) is 13.1. The Morgan fingerprint density at radius 1 is 1.39 bits per heavy atom. The molecule has 0 fully saturated rings. The van der Waals surface area contributed by atoms with Crippen LogP contribution < -0.4 is 0 Å². The largest absolute Gasteiger partial charge is 0.463 e. The van der Waals surface area contributed by atoms with Gasteiger partial charge in [0.25, 0.3) is 0 Å². The molecule has 1 heterocycles. The predicted octanol–water partition coefficient (Wildman–Crippen LogP) is 2.74. The van der Waals surface area contributed by atoms with Crippen molar-refractivity contribution in [2.75, 3.05) is 7.11 Å². The molecule has 1 aromatic heterocycles. The number of carbonyl (C=O) groups excluding carboxylic acids is 1. The monoisotopic (exact) mass is 245 g/mol. The van der Waals surface area contributed by atoms with E-state index in [1.807, 2.05) is 6.07 Å². The second-order valence-corrected chi connectivity index (χ2v) is 3.47. The zero-order valence-corrected chi connectivity index (χ0v) is 9.44. The van der Waals surface area contributed by atoms with Crippen LogP contribution in [0.4, 0.5) is 4.39 Å². The van der Waals surface area contributed by atoms with E-state index < -0.39 is 17.5 Å². The molecule has 4 nitrogen and oxygen atoms in total. The van der Waals surface area contributed by atoms with E-state index in [0.29, 0.717) is 11.1 Å². The summed E-state index contributed by atoms with van der Waals surface area (Å²) in [5.74, 6) is -1.90. The fourth-order valence-corrected chi connectivity index (χ4v) is 1.45. The van der Waals surface area contributed by atoms with Crippen LogP contribution in [0.3, 0.4) is 0 Å². The molecular formula is C13H8FNO3. The van der Waals surface area contributed by atoms with Gasteiger partial charge >= 0.3 is 5.97 Å². The molecular weight excluding hydrogens is 237 g/mol. The van der Waals surface area contributed by atoms with Crippen molar-refractivity contribution in [2.45, 2.75) is 0 Å². The van der Waals surface area contributed by atoms with Crippen molar-refractivity contribution in [2.24, 2.45) is 0 Å². The molecule has 2 aromatic rings. The van der Waals surface area contributed by atoms with E-state index >= 15 is 0 Å². The number of hydrogen-bond donors (Lipinski definition) is 0. The highest BCUT2D eigenvalue weighted by molar-refractivity contribution is 5.87. The van der Waals surface area contributed by atoms with Crippen LogP contribution in [0.5, 0.6) is 0 Å². The van der Waals surface area contributed by atoms with E-state index in [2.05, 4.69) is 4.74 Å². The van der Waals surface area contributed by atoms with E-state index in [1.165, 1.54) is 0 Å². The molecule has 2 rings (SSSR count). The molecule has 0 aliphatic rings. The van der Waals surface area contributed by atoms with Crippen LogP contribution in [0.15, 0.2) is 34.7 Å². The lowest BCUT2D eigenvalue weighted by atomic mass is 10.1. The van der Waals surface area contributed by atoms with Crippen molar-refractivity contribution in [1.82, 2.24) is 0 Å². The molecule has 0 aliphatic carbocycles. The van der Waals surface area contributed by atoms with Gasteiger partial charge in [0, 0.05) is 11.6 Å². The van der Waals surface area contributed by atoms with Crippen LogP contribution >= 0.6 is 0 Å². The first-order chi connectivity index (χ1) is 8.65. The number of hydrogen-bond acceptors (Lipinski definition) is 4. The van der Waals surface area contributed by atoms with Gasteiger partial charge in [-0.05, 0) is 24.3 Å². The normalized spacial score (nSPS) is 9.83. The first kappa shape index (κ1) is 11.9. The van der Waals surface area contributed by atoms with Crippen LogP contribution in [-0.2, 0) is 4.74 Å². The second kappa shape index (κ2) is 4.72. The van der Waals surface area contributed by atoms with Gasteiger partial charge < -0.3 is 9.15 Å². The van der Waals surface area contributed by atoms with E-state index in [9.17, 15) is 9.18 Å². The van der Waals surface area contributed by atoms with E-state index in [0.717, 1.165) is 13.2 Å². The number of benzene rings is 1. The minimum absolute atomic E-state index is 0.206. The molecule has 0 saturated carbocycles. The van der Waals surface area contributed by atoms with Gasteiger partial charge in [-0.1, -0.05) is 0 Å². The highest BCUT2D eigenvalue weighted by Gasteiger charge is 2.19. The van der Waals surface area contributed by atoms with E-state index in [4.69, 9.17) is 9.68 Å². The molecule has 0 aliphatic heterocycles. The summed E-state index contributed by atoms with van der Waals surface area (Å²) in [6.07, 6.45) is 0. The van der Waals surface area contributed by atoms with Gasteiger partial charge in [-0.2, -0.15) is 5.26 Å². The van der Waals surface area contributed by atoms with Crippen molar-refractivity contribution in [3.05, 3.63) is 47.5 Å². The Labute approximate surface area is 102 Å². The molecule has 0 atom stereocenters. The maximum Gasteiger partial charge on any atom is 0.377 e. The lowest BCUT2D eigenvalue weighted by Crippen LogP contribution is -2.00. The third-order valence-corrected chi connectivity index (χ3v) is 2.36. The van der Waals surface area contributed by atoms with Crippen molar-refractivity contribution >= 4 is 5.97 Å². The van der Waals surface area contributed by atoms with Gasteiger partial charge in [-0.25, -0.2) is 9.18 Å². The second-order valence-electron chi connectivity index (χ2n) is 3.47. The van der Waals surface area contributed by atoms with Crippen molar-refractivity contribution in [3.63, 3.8) is 0 Å². The predicted molar refractivity (Wildman–Crippen MR) is 60.2 cm³/mol. The van der Waals surface area contributed by atoms with Crippen LogP contribution in [0.2, 0.25) is 0 Å². The summed E-state index contributed by atoms with van der Waals surface area (Å²) in [6, 6.07) is 9.45. The standard InChI is InChI=1S/C13H8FNO3/c1-17-13(16)12-10(14)6-11(18-12)9-4-2-8(7-15)3-5-9/h2-6H,1H3. The number of esters is 1. The van der Waals surface area contributed by atoms with Gasteiger partial charge in [0.2, 0.25) is 5.76 Å². The van der Waals surface area contributed by atoms with Crippen LogP contribution in [0, 0.1) is 17.1 Å². The van der Waals surface area contributed by atoms with Crippen LogP contribution in [-0.4, -0.2) is 13.1 Å². The Morgan fingerprint density at radius 3 is 2.61 bits per heavy atom. The summed E-state index contributed by atoms with van der Waals surface area (Å²) < 4.78 is 22.9. The number of methoxy groups -OCH3 is 1. The van der Waals surface area contributed by atoms with Crippen molar-refractivity contribution in [3.8, 4) is 17.4 Å². The van der Waals surface area contributed by atoms with Crippen LogP contribution in [0.25, 0.3) is 11.3 Å². The number of ether oxygens (including phenoxy) is 1.